The summed E-state index contributed by atoms with van der Waals surface area (Å²) < 4.78 is 10.9. The molecule has 1 unspecified atom stereocenters. The van der Waals surface area contributed by atoms with Crippen LogP contribution < -0.4 is 5.32 Å². The Balaban J connectivity index is 1.73. The van der Waals surface area contributed by atoms with E-state index in [1.165, 1.54) is 10.4 Å². The molecule has 0 saturated carbocycles. The van der Waals surface area contributed by atoms with E-state index in [4.69, 9.17) is 13.9 Å². The molecule has 0 fully saturated rings. The van der Waals surface area contributed by atoms with Crippen molar-refractivity contribution in [2.75, 3.05) is 5.32 Å². The molecule has 4 heterocycles. The number of anilines is 1. The Kier molecular flexibility index (Phi) is 4.28. The summed E-state index contributed by atoms with van der Waals surface area (Å²) in [6.45, 7) is 5.95. The van der Waals surface area contributed by atoms with Crippen molar-refractivity contribution < 1.29 is 13.7 Å². The van der Waals surface area contributed by atoms with Crippen molar-refractivity contribution in [3.05, 3.63) is 51.9 Å². The molecule has 1 atom stereocenters. The first kappa shape index (κ1) is 18.1. The van der Waals surface area contributed by atoms with Crippen molar-refractivity contribution in [1.29, 1.82) is 0 Å². The van der Waals surface area contributed by atoms with Gasteiger partial charge in [-0.05, 0) is 56.7 Å². The Morgan fingerprint density at radius 3 is 2.93 bits per heavy atom. The molecule has 0 saturated heterocycles. The summed E-state index contributed by atoms with van der Waals surface area (Å²) in [5.41, 5.74) is 3.33. The monoisotopic (exact) mass is 407 g/mol. The van der Waals surface area contributed by atoms with Crippen LogP contribution in [-0.2, 0) is 12.8 Å². The quantitative estimate of drug-likeness (QED) is 0.482. The first-order valence-corrected chi connectivity index (χ1v) is 10.6. The maximum absolute atomic E-state index is 13.3. The van der Waals surface area contributed by atoms with Gasteiger partial charge in [0.1, 0.15) is 16.4 Å². The van der Waals surface area contributed by atoms with E-state index < -0.39 is 0 Å². The summed E-state index contributed by atoms with van der Waals surface area (Å²) in [5.74, 6) is 2.11. The van der Waals surface area contributed by atoms with E-state index in [0.29, 0.717) is 34.5 Å². The predicted octanol–water partition coefficient (Wildman–Crippen LogP) is 5.54. The van der Waals surface area contributed by atoms with Gasteiger partial charge in [0.15, 0.2) is 5.82 Å². The number of carbonyl (C=O) groups is 1. The van der Waals surface area contributed by atoms with Crippen LogP contribution in [0.4, 0.5) is 5.82 Å². The second-order valence-corrected chi connectivity index (χ2v) is 8.82. The number of rotatable bonds is 3. The molecule has 7 heteroatoms. The molecule has 6 nitrogen and oxygen atoms in total. The lowest BCUT2D eigenvalue weighted by Crippen LogP contribution is -2.16. The Hall–Kier alpha value is -2.93. The number of aromatic nitrogens is 2. The number of thiophene rings is 1. The number of amides is 1. The topological polar surface area (TPSA) is 81.2 Å². The third-order valence-corrected chi connectivity index (χ3v) is 6.64. The minimum atomic E-state index is -0.263. The lowest BCUT2D eigenvalue weighted by atomic mass is 9.87. The van der Waals surface area contributed by atoms with Crippen molar-refractivity contribution >= 4 is 33.3 Å². The Morgan fingerprint density at radius 2 is 2.21 bits per heavy atom. The summed E-state index contributed by atoms with van der Waals surface area (Å²) in [7, 11) is 0. The van der Waals surface area contributed by atoms with Crippen molar-refractivity contribution in [2.45, 2.75) is 40.0 Å². The van der Waals surface area contributed by atoms with Crippen LogP contribution in [0.1, 0.15) is 45.6 Å². The number of nitrogens with one attached hydrogen (secondary N) is 1. The van der Waals surface area contributed by atoms with Gasteiger partial charge in [0, 0.05) is 21.9 Å². The molecule has 1 amide bonds. The number of carbonyl (C=O) groups excluding carboxylic acids is 1. The van der Waals surface area contributed by atoms with Crippen LogP contribution in [0, 0.1) is 19.8 Å². The Bertz CT molecular complexity index is 1220. The molecule has 5 rings (SSSR count). The first-order valence-electron chi connectivity index (χ1n) is 9.74. The van der Waals surface area contributed by atoms with Crippen LogP contribution in [0.2, 0.25) is 0 Å². The van der Waals surface area contributed by atoms with Crippen LogP contribution in [0.5, 0.6) is 0 Å². The SMILES string of the molecule is Cc1cc(NC(=O)c2c(C)nc3sc4c(c3c2-c2ccco2)CCC(C)C4)no1. The summed E-state index contributed by atoms with van der Waals surface area (Å²) in [4.78, 5) is 20.4. The molecule has 0 spiro atoms. The smallest absolute Gasteiger partial charge is 0.259 e. The van der Waals surface area contributed by atoms with Crippen LogP contribution in [0.25, 0.3) is 21.5 Å². The van der Waals surface area contributed by atoms with E-state index >= 15 is 0 Å². The highest BCUT2D eigenvalue weighted by molar-refractivity contribution is 7.19. The van der Waals surface area contributed by atoms with E-state index in [2.05, 4.69) is 17.4 Å². The van der Waals surface area contributed by atoms with Crippen molar-refractivity contribution in [3.63, 3.8) is 0 Å². The molecule has 0 bridgehead atoms. The summed E-state index contributed by atoms with van der Waals surface area (Å²) in [5, 5.41) is 7.78. The molecule has 148 valence electrons. The number of fused-ring (bicyclic) bond motifs is 3. The average molecular weight is 407 g/mol. The molecule has 0 radical (unpaired) electrons. The van der Waals surface area contributed by atoms with Gasteiger partial charge in [0.05, 0.1) is 17.5 Å². The van der Waals surface area contributed by atoms with Gasteiger partial charge in [-0.2, -0.15) is 0 Å². The lowest BCUT2D eigenvalue weighted by molar-refractivity contribution is 0.102. The Morgan fingerprint density at radius 1 is 1.34 bits per heavy atom. The van der Waals surface area contributed by atoms with Gasteiger partial charge < -0.3 is 14.3 Å². The fourth-order valence-electron chi connectivity index (χ4n) is 4.14. The maximum Gasteiger partial charge on any atom is 0.259 e. The van der Waals surface area contributed by atoms with Gasteiger partial charge in [-0.1, -0.05) is 12.1 Å². The molecule has 1 aliphatic rings. The highest BCUT2D eigenvalue weighted by Crippen LogP contribution is 2.44. The molecule has 0 aliphatic heterocycles. The van der Waals surface area contributed by atoms with Gasteiger partial charge in [-0.25, -0.2) is 4.98 Å². The number of hydrogen-bond donors (Lipinski definition) is 1. The van der Waals surface area contributed by atoms with E-state index in [1.807, 2.05) is 19.1 Å². The molecule has 29 heavy (non-hydrogen) atoms. The van der Waals surface area contributed by atoms with Crippen LogP contribution >= 0.6 is 11.3 Å². The fraction of sp³-hybridized carbons (Fsp3) is 0.318. The summed E-state index contributed by atoms with van der Waals surface area (Å²) >= 11 is 1.74. The van der Waals surface area contributed by atoms with Gasteiger partial charge >= 0.3 is 0 Å². The minimum Gasteiger partial charge on any atom is -0.464 e. The number of hydrogen-bond acceptors (Lipinski definition) is 6. The van der Waals surface area contributed by atoms with Gasteiger partial charge in [0.2, 0.25) is 0 Å². The summed E-state index contributed by atoms with van der Waals surface area (Å²) in [6.07, 6.45) is 4.84. The highest BCUT2D eigenvalue weighted by Gasteiger charge is 2.29. The lowest BCUT2D eigenvalue weighted by Gasteiger charge is -2.19. The fourth-order valence-corrected chi connectivity index (χ4v) is 5.57. The normalized spacial score (nSPS) is 16.2. The zero-order chi connectivity index (χ0) is 20.1. The van der Waals surface area contributed by atoms with Gasteiger partial charge in [-0.3, -0.25) is 4.79 Å². The molecule has 4 aromatic rings. The zero-order valence-corrected chi connectivity index (χ0v) is 17.4. The molecule has 0 aromatic carbocycles. The van der Waals surface area contributed by atoms with Crippen LogP contribution in [0.15, 0.2) is 33.4 Å². The standard InChI is InChI=1S/C22H21N3O3S/c1-11-6-7-14-16(9-11)29-22-19(14)20(15-5-4-8-27-15)18(13(3)23-22)21(26)24-17-10-12(2)28-25-17/h4-5,8,10-11H,6-7,9H2,1-3H3,(H,24,25,26). The van der Waals surface area contributed by atoms with Crippen molar-refractivity contribution in [1.82, 2.24) is 10.1 Å². The van der Waals surface area contributed by atoms with E-state index in [-0.39, 0.29) is 5.91 Å². The van der Waals surface area contributed by atoms with Gasteiger partial charge in [0.25, 0.3) is 5.91 Å². The number of aryl methyl sites for hydroxylation is 3. The third-order valence-electron chi connectivity index (χ3n) is 5.49. The van der Waals surface area contributed by atoms with Crippen LogP contribution in [-0.4, -0.2) is 16.0 Å². The van der Waals surface area contributed by atoms with E-state index in [0.717, 1.165) is 35.0 Å². The minimum absolute atomic E-state index is 0.263. The molecular weight excluding hydrogens is 386 g/mol. The predicted molar refractivity (Wildman–Crippen MR) is 112 cm³/mol. The molecule has 1 aliphatic carbocycles. The Labute approximate surface area is 171 Å². The van der Waals surface area contributed by atoms with Crippen molar-refractivity contribution in [3.8, 4) is 11.3 Å². The third kappa shape index (κ3) is 3.06. The number of furan rings is 1. The largest absolute Gasteiger partial charge is 0.464 e. The molecule has 1 N–H and O–H groups in total. The van der Waals surface area contributed by atoms with E-state index in [9.17, 15) is 4.79 Å². The van der Waals surface area contributed by atoms with Crippen molar-refractivity contribution in [2.24, 2.45) is 5.92 Å². The number of nitrogens with zero attached hydrogens (tertiary/aromatic N) is 2. The highest BCUT2D eigenvalue weighted by atomic mass is 32.1. The number of pyridine rings is 1. The second-order valence-electron chi connectivity index (χ2n) is 7.73. The molecular formula is C22H21N3O3S. The maximum atomic E-state index is 13.3. The van der Waals surface area contributed by atoms with Gasteiger partial charge in [-0.15, -0.1) is 11.3 Å². The summed E-state index contributed by atoms with van der Waals surface area (Å²) in [6, 6.07) is 5.45. The van der Waals surface area contributed by atoms with E-state index in [1.54, 1.807) is 30.6 Å². The average Bonchev–Trinajstić information content (AvgIpc) is 3.40. The van der Waals surface area contributed by atoms with Crippen LogP contribution in [0.3, 0.4) is 0 Å². The zero-order valence-electron chi connectivity index (χ0n) is 16.5. The molecule has 4 aromatic heterocycles. The first-order chi connectivity index (χ1) is 14.0. The second kappa shape index (κ2) is 6.84.